The SMILES string of the molecule is CCC(C(=O)O)N(C)CC(=O)Nc1c(Cl)cccc1Cl. The van der Waals surface area contributed by atoms with Crippen LogP contribution in [0.5, 0.6) is 0 Å². The molecule has 0 saturated heterocycles. The maximum Gasteiger partial charge on any atom is 0.320 e. The molecular weight excluding hydrogens is 303 g/mol. The Kier molecular flexibility index (Phi) is 6.26. The smallest absolute Gasteiger partial charge is 0.320 e. The lowest BCUT2D eigenvalue weighted by atomic mass is 10.2. The highest BCUT2D eigenvalue weighted by atomic mass is 35.5. The number of carbonyl (C=O) groups is 2. The zero-order valence-electron chi connectivity index (χ0n) is 11.2. The van der Waals surface area contributed by atoms with E-state index in [1.807, 2.05) is 0 Å². The van der Waals surface area contributed by atoms with Crippen molar-refractivity contribution in [3.63, 3.8) is 0 Å². The highest BCUT2D eigenvalue weighted by Gasteiger charge is 2.22. The molecule has 5 nitrogen and oxygen atoms in total. The van der Waals surface area contributed by atoms with E-state index < -0.39 is 12.0 Å². The normalized spacial score (nSPS) is 12.2. The average Bonchev–Trinajstić information content (AvgIpc) is 2.34. The van der Waals surface area contributed by atoms with Crippen LogP contribution in [0.25, 0.3) is 0 Å². The molecule has 110 valence electrons. The number of likely N-dealkylation sites (N-methyl/N-ethyl adjacent to an activating group) is 1. The summed E-state index contributed by atoms with van der Waals surface area (Å²) in [5.74, 6) is -1.33. The number of hydrogen-bond acceptors (Lipinski definition) is 3. The maximum atomic E-state index is 11.9. The lowest BCUT2D eigenvalue weighted by Crippen LogP contribution is -2.42. The molecule has 1 aromatic rings. The topological polar surface area (TPSA) is 69.6 Å². The number of rotatable bonds is 6. The molecule has 0 radical (unpaired) electrons. The fourth-order valence-electron chi connectivity index (χ4n) is 1.81. The molecule has 0 bridgehead atoms. The molecule has 0 heterocycles. The summed E-state index contributed by atoms with van der Waals surface area (Å²) >= 11 is 11.9. The molecule has 0 saturated carbocycles. The predicted octanol–water partition coefficient (Wildman–Crippen LogP) is 2.73. The van der Waals surface area contributed by atoms with Crippen molar-refractivity contribution < 1.29 is 14.7 Å². The van der Waals surface area contributed by atoms with Crippen molar-refractivity contribution in [3.8, 4) is 0 Å². The Morgan fingerprint density at radius 2 is 1.90 bits per heavy atom. The average molecular weight is 319 g/mol. The number of para-hydroxylation sites is 1. The number of carbonyl (C=O) groups excluding carboxylic acids is 1. The number of aliphatic carboxylic acids is 1. The van der Waals surface area contributed by atoms with Gasteiger partial charge in [-0.25, -0.2) is 0 Å². The van der Waals surface area contributed by atoms with Gasteiger partial charge in [0.15, 0.2) is 0 Å². The fourth-order valence-corrected chi connectivity index (χ4v) is 2.30. The zero-order chi connectivity index (χ0) is 15.3. The number of hydrogen-bond donors (Lipinski definition) is 2. The monoisotopic (exact) mass is 318 g/mol. The number of carboxylic acids is 1. The second-order valence-electron chi connectivity index (χ2n) is 4.32. The first-order chi connectivity index (χ1) is 9.36. The summed E-state index contributed by atoms with van der Waals surface area (Å²) in [6.45, 7) is 1.69. The molecule has 1 rings (SSSR count). The second kappa shape index (κ2) is 7.47. The number of amides is 1. The number of carboxylic acid groups (broad SMARTS) is 1. The first-order valence-corrected chi connectivity index (χ1v) is 6.79. The molecule has 0 aliphatic rings. The highest BCUT2D eigenvalue weighted by Crippen LogP contribution is 2.29. The van der Waals surface area contributed by atoms with Gasteiger partial charge in [0, 0.05) is 0 Å². The van der Waals surface area contributed by atoms with Gasteiger partial charge in [0.05, 0.1) is 22.3 Å². The number of nitrogens with zero attached hydrogens (tertiary/aromatic N) is 1. The minimum atomic E-state index is -0.960. The Bertz CT molecular complexity index is 488. The van der Waals surface area contributed by atoms with Gasteiger partial charge in [-0.3, -0.25) is 14.5 Å². The molecule has 1 unspecified atom stereocenters. The number of halogens is 2. The van der Waals surface area contributed by atoms with Gasteiger partial charge in [0.25, 0.3) is 0 Å². The molecule has 1 atom stereocenters. The molecule has 20 heavy (non-hydrogen) atoms. The quantitative estimate of drug-likeness (QED) is 0.846. The van der Waals surface area contributed by atoms with E-state index in [1.165, 1.54) is 4.90 Å². The molecule has 7 heteroatoms. The summed E-state index contributed by atoms with van der Waals surface area (Å²) < 4.78 is 0. The van der Waals surface area contributed by atoms with Crippen molar-refractivity contribution in [2.24, 2.45) is 0 Å². The van der Waals surface area contributed by atoms with Crippen LogP contribution in [0.1, 0.15) is 13.3 Å². The summed E-state index contributed by atoms with van der Waals surface area (Å²) in [4.78, 5) is 24.4. The Hall–Kier alpha value is -1.30. The van der Waals surface area contributed by atoms with E-state index in [0.717, 1.165) is 0 Å². The van der Waals surface area contributed by atoms with Gasteiger partial charge >= 0.3 is 5.97 Å². The first-order valence-electron chi connectivity index (χ1n) is 6.03. The molecule has 0 fully saturated rings. The van der Waals surface area contributed by atoms with Crippen molar-refractivity contribution in [2.45, 2.75) is 19.4 Å². The molecular formula is C13H16Cl2N2O3. The minimum Gasteiger partial charge on any atom is -0.480 e. The van der Waals surface area contributed by atoms with E-state index in [-0.39, 0.29) is 12.5 Å². The van der Waals surface area contributed by atoms with Crippen molar-refractivity contribution >= 4 is 40.8 Å². The van der Waals surface area contributed by atoms with E-state index in [4.69, 9.17) is 28.3 Å². The fraction of sp³-hybridized carbons (Fsp3) is 0.385. The molecule has 1 amide bonds. The van der Waals surface area contributed by atoms with Crippen molar-refractivity contribution in [2.75, 3.05) is 18.9 Å². The van der Waals surface area contributed by atoms with E-state index in [1.54, 1.807) is 32.2 Å². The Morgan fingerprint density at radius 3 is 2.35 bits per heavy atom. The Morgan fingerprint density at radius 1 is 1.35 bits per heavy atom. The third-order valence-corrected chi connectivity index (χ3v) is 3.45. The van der Waals surface area contributed by atoms with Gasteiger partial charge in [-0.2, -0.15) is 0 Å². The summed E-state index contributed by atoms with van der Waals surface area (Å²) in [5.41, 5.74) is 0.331. The highest BCUT2D eigenvalue weighted by molar-refractivity contribution is 6.39. The van der Waals surface area contributed by atoms with Gasteiger partial charge in [-0.1, -0.05) is 36.2 Å². The van der Waals surface area contributed by atoms with Gasteiger partial charge in [0.2, 0.25) is 5.91 Å². The van der Waals surface area contributed by atoms with Gasteiger partial charge < -0.3 is 10.4 Å². The van der Waals surface area contributed by atoms with Gasteiger partial charge in [0.1, 0.15) is 6.04 Å². The molecule has 2 N–H and O–H groups in total. The van der Waals surface area contributed by atoms with E-state index in [2.05, 4.69) is 5.32 Å². The van der Waals surface area contributed by atoms with Crippen LogP contribution in [0.4, 0.5) is 5.69 Å². The lowest BCUT2D eigenvalue weighted by molar-refractivity contribution is -0.143. The van der Waals surface area contributed by atoms with Crippen LogP contribution in [0.3, 0.4) is 0 Å². The number of benzene rings is 1. The van der Waals surface area contributed by atoms with Crippen LogP contribution in [0.15, 0.2) is 18.2 Å². The van der Waals surface area contributed by atoms with Crippen LogP contribution in [-0.2, 0) is 9.59 Å². The van der Waals surface area contributed by atoms with E-state index in [0.29, 0.717) is 22.2 Å². The summed E-state index contributed by atoms with van der Waals surface area (Å²) in [5, 5.41) is 12.3. The minimum absolute atomic E-state index is 0.0631. The Balaban J connectivity index is 2.71. The first kappa shape index (κ1) is 16.8. The predicted molar refractivity (Wildman–Crippen MR) is 79.4 cm³/mol. The lowest BCUT2D eigenvalue weighted by Gasteiger charge is -2.22. The van der Waals surface area contributed by atoms with Crippen LogP contribution in [0, 0.1) is 0 Å². The third kappa shape index (κ3) is 4.37. The van der Waals surface area contributed by atoms with Gasteiger partial charge in [-0.15, -0.1) is 0 Å². The van der Waals surface area contributed by atoms with E-state index >= 15 is 0 Å². The van der Waals surface area contributed by atoms with Crippen LogP contribution >= 0.6 is 23.2 Å². The van der Waals surface area contributed by atoms with Crippen molar-refractivity contribution in [3.05, 3.63) is 28.2 Å². The van der Waals surface area contributed by atoms with E-state index in [9.17, 15) is 9.59 Å². The van der Waals surface area contributed by atoms with Crippen LogP contribution in [-0.4, -0.2) is 41.5 Å². The molecule has 0 aliphatic carbocycles. The standard InChI is InChI=1S/C13H16Cl2N2O3/c1-3-10(13(19)20)17(2)7-11(18)16-12-8(14)5-4-6-9(12)15/h4-6,10H,3,7H2,1-2H3,(H,16,18)(H,19,20). The summed E-state index contributed by atoms with van der Waals surface area (Å²) in [6.07, 6.45) is 0.409. The van der Waals surface area contributed by atoms with Crippen LogP contribution in [0.2, 0.25) is 10.0 Å². The number of nitrogens with one attached hydrogen (secondary N) is 1. The number of anilines is 1. The van der Waals surface area contributed by atoms with Gasteiger partial charge in [-0.05, 0) is 25.6 Å². The molecule has 0 aliphatic heterocycles. The zero-order valence-corrected chi connectivity index (χ0v) is 12.7. The molecule has 1 aromatic carbocycles. The summed E-state index contributed by atoms with van der Waals surface area (Å²) in [7, 11) is 1.58. The van der Waals surface area contributed by atoms with Crippen molar-refractivity contribution in [1.82, 2.24) is 4.90 Å². The Labute approximate surface area is 127 Å². The third-order valence-electron chi connectivity index (χ3n) is 2.82. The molecule has 0 aromatic heterocycles. The largest absolute Gasteiger partial charge is 0.480 e. The van der Waals surface area contributed by atoms with Crippen LogP contribution < -0.4 is 5.32 Å². The second-order valence-corrected chi connectivity index (χ2v) is 5.14. The van der Waals surface area contributed by atoms with Crippen molar-refractivity contribution in [1.29, 1.82) is 0 Å². The maximum absolute atomic E-state index is 11.9. The summed E-state index contributed by atoms with van der Waals surface area (Å²) in [6, 6.07) is 4.18. The molecule has 0 spiro atoms.